The van der Waals surface area contributed by atoms with Gasteiger partial charge in [-0.3, -0.25) is 0 Å². The number of fused-ring (bicyclic) bond motifs is 1. The Morgan fingerprint density at radius 3 is 2.44 bits per heavy atom. The van der Waals surface area contributed by atoms with Gasteiger partial charge in [0, 0.05) is 22.6 Å². The quantitative estimate of drug-likeness (QED) is 0.683. The number of nitrogens with zero attached hydrogens (tertiary/aromatic N) is 1. The summed E-state index contributed by atoms with van der Waals surface area (Å²) >= 11 is 3.31. The van der Waals surface area contributed by atoms with Crippen molar-refractivity contribution in [1.82, 2.24) is 4.57 Å². The molecule has 0 aliphatic carbocycles. The smallest absolute Gasteiger partial charge is 0.346 e. The molecule has 0 saturated heterocycles. The lowest BCUT2D eigenvalue weighted by Crippen LogP contribution is -2.07. The molecule has 0 spiro atoms. The molecule has 0 fully saturated rings. The van der Waals surface area contributed by atoms with Crippen LogP contribution in [0.2, 0.25) is 0 Å². The zero-order chi connectivity index (χ0) is 12.1. The minimum absolute atomic E-state index is 0.222. The van der Waals surface area contributed by atoms with Gasteiger partial charge in [-0.25, -0.2) is 0 Å². The third-order valence-corrected chi connectivity index (χ3v) is 3.74. The standard InChI is InChI=1S/C11H9BrF3N/c1-6-9(12)7-4-3-5-8(11(13,14)15)10(7)16(6)2/h3-5H,1-2H3. The van der Waals surface area contributed by atoms with Gasteiger partial charge in [-0.1, -0.05) is 12.1 Å². The molecular formula is C11H9BrF3N. The van der Waals surface area contributed by atoms with Crippen molar-refractivity contribution in [3.63, 3.8) is 0 Å². The van der Waals surface area contributed by atoms with Crippen molar-refractivity contribution in [2.75, 3.05) is 0 Å². The summed E-state index contributed by atoms with van der Waals surface area (Å²) < 4.78 is 40.7. The van der Waals surface area contributed by atoms with Crippen LogP contribution in [0.4, 0.5) is 13.2 Å². The molecule has 0 aliphatic heterocycles. The van der Waals surface area contributed by atoms with E-state index in [9.17, 15) is 13.2 Å². The SMILES string of the molecule is Cc1c(Br)c2cccc(C(F)(F)F)c2n1C. The maximum atomic E-state index is 12.8. The first-order valence-corrected chi connectivity index (χ1v) is 5.44. The summed E-state index contributed by atoms with van der Waals surface area (Å²) in [5.41, 5.74) is 0.410. The van der Waals surface area contributed by atoms with E-state index in [1.54, 1.807) is 24.6 Å². The van der Waals surface area contributed by atoms with Crippen molar-refractivity contribution in [2.24, 2.45) is 7.05 Å². The Labute approximate surface area is 99.0 Å². The Morgan fingerprint density at radius 2 is 1.88 bits per heavy atom. The Kier molecular flexibility index (Phi) is 2.53. The first-order chi connectivity index (χ1) is 7.34. The highest BCUT2D eigenvalue weighted by molar-refractivity contribution is 9.10. The minimum atomic E-state index is -4.32. The predicted molar refractivity (Wildman–Crippen MR) is 60.4 cm³/mol. The Hall–Kier alpha value is -0.970. The van der Waals surface area contributed by atoms with Gasteiger partial charge >= 0.3 is 6.18 Å². The van der Waals surface area contributed by atoms with E-state index in [1.165, 1.54) is 6.07 Å². The number of rotatable bonds is 0. The molecule has 16 heavy (non-hydrogen) atoms. The van der Waals surface area contributed by atoms with E-state index in [0.29, 0.717) is 5.39 Å². The van der Waals surface area contributed by atoms with Gasteiger partial charge in [-0.2, -0.15) is 13.2 Å². The van der Waals surface area contributed by atoms with Crippen molar-refractivity contribution in [3.8, 4) is 0 Å². The van der Waals surface area contributed by atoms with Crippen LogP contribution in [0.5, 0.6) is 0 Å². The monoisotopic (exact) mass is 291 g/mol. The van der Waals surface area contributed by atoms with Crippen LogP contribution < -0.4 is 0 Å². The second kappa shape index (κ2) is 3.52. The van der Waals surface area contributed by atoms with E-state index < -0.39 is 11.7 Å². The third kappa shape index (κ3) is 1.54. The Morgan fingerprint density at radius 1 is 1.25 bits per heavy atom. The number of aromatic nitrogens is 1. The van der Waals surface area contributed by atoms with E-state index in [-0.39, 0.29) is 5.52 Å². The summed E-state index contributed by atoms with van der Waals surface area (Å²) in [5.74, 6) is 0. The van der Waals surface area contributed by atoms with Crippen LogP contribution in [0, 0.1) is 6.92 Å². The molecule has 1 heterocycles. The van der Waals surface area contributed by atoms with Gasteiger partial charge in [0.05, 0.1) is 11.1 Å². The number of benzene rings is 1. The lowest BCUT2D eigenvalue weighted by Gasteiger charge is -2.09. The summed E-state index contributed by atoms with van der Waals surface area (Å²) in [6, 6.07) is 4.21. The molecule has 1 aromatic heterocycles. The van der Waals surface area contributed by atoms with Crippen LogP contribution >= 0.6 is 15.9 Å². The van der Waals surface area contributed by atoms with Gasteiger partial charge in [0.15, 0.2) is 0 Å². The molecule has 5 heteroatoms. The zero-order valence-electron chi connectivity index (χ0n) is 8.69. The van der Waals surface area contributed by atoms with E-state index in [0.717, 1.165) is 16.2 Å². The maximum absolute atomic E-state index is 12.8. The largest absolute Gasteiger partial charge is 0.418 e. The molecule has 0 saturated carbocycles. The lowest BCUT2D eigenvalue weighted by atomic mass is 10.1. The molecule has 0 unspecified atom stereocenters. The van der Waals surface area contributed by atoms with Gasteiger partial charge in [0.2, 0.25) is 0 Å². The van der Waals surface area contributed by atoms with Gasteiger partial charge in [-0.15, -0.1) is 0 Å². The molecule has 2 aromatic rings. The van der Waals surface area contributed by atoms with Crippen molar-refractivity contribution in [3.05, 3.63) is 33.9 Å². The van der Waals surface area contributed by atoms with Crippen LogP contribution in [0.1, 0.15) is 11.3 Å². The highest BCUT2D eigenvalue weighted by Crippen LogP contribution is 2.38. The number of hydrogen-bond donors (Lipinski definition) is 0. The summed E-state index contributed by atoms with van der Waals surface area (Å²) in [6.07, 6.45) is -4.32. The number of hydrogen-bond acceptors (Lipinski definition) is 0. The molecule has 0 atom stereocenters. The Balaban J connectivity index is 2.93. The molecule has 1 aromatic carbocycles. The normalized spacial score (nSPS) is 12.4. The van der Waals surface area contributed by atoms with E-state index in [1.807, 2.05) is 0 Å². The topological polar surface area (TPSA) is 4.93 Å². The zero-order valence-corrected chi connectivity index (χ0v) is 10.3. The maximum Gasteiger partial charge on any atom is 0.418 e. The van der Waals surface area contributed by atoms with Crippen LogP contribution in [0.3, 0.4) is 0 Å². The summed E-state index contributed by atoms with van der Waals surface area (Å²) in [7, 11) is 1.64. The van der Waals surface area contributed by atoms with Gasteiger partial charge in [0.1, 0.15) is 0 Å². The van der Waals surface area contributed by atoms with Crippen LogP contribution in [0.15, 0.2) is 22.7 Å². The fourth-order valence-electron chi connectivity index (χ4n) is 1.82. The van der Waals surface area contributed by atoms with Crippen molar-refractivity contribution < 1.29 is 13.2 Å². The van der Waals surface area contributed by atoms with E-state index >= 15 is 0 Å². The molecule has 0 bridgehead atoms. The van der Waals surface area contributed by atoms with Crippen molar-refractivity contribution in [2.45, 2.75) is 13.1 Å². The minimum Gasteiger partial charge on any atom is -0.346 e. The van der Waals surface area contributed by atoms with Crippen LogP contribution in [0.25, 0.3) is 10.9 Å². The van der Waals surface area contributed by atoms with E-state index in [2.05, 4.69) is 15.9 Å². The van der Waals surface area contributed by atoms with Gasteiger partial charge in [-0.05, 0) is 28.9 Å². The molecule has 0 amide bonds. The third-order valence-electron chi connectivity index (χ3n) is 2.73. The van der Waals surface area contributed by atoms with Crippen molar-refractivity contribution >= 4 is 26.8 Å². The molecular weight excluding hydrogens is 283 g/mol. The predicted octanol–water partition coefficient (Wildman–Crippen LogP) is 4.27. The number of aryl methyl sites for hydroxylation is 1. The molecule has 0 aliphatic rings. The first kappa shape index (κ1) is 11.5. The van der Waals surface area contributed by atoms with Gasteiger partial charge in [0.25, 0.3) is 0 Å². The number of para-hydroxylation sites is 1. The molecule has 1 nitrogen and oxygen atoms in total. The summed E-state index contributed by atoms with van der Waals surface area (Å²) in [4.78, 5) is 0. The van der Waals surface area contributed by atoms with Crippen molar-refractivity contribution in [1.29, 1.82) is 0 Å². The fourth-order valence-corrected chi connectivity index (χ4v) is 2.41. The number of halogens is 4. The first-order valence-electron chi connectivity index (χ1n) is 4.64. The second-order valence-corrected chi connectivity index (χ2v) is 4.45. The molecule has 86 valence electrons. The van der Waals surface area contributed by atoms with Crippen LogP contribution in [-0.2, 0) is 13.2 Å². The Bertz CT molecular complexity index is 554. The van der Waals surface area contributed by atoms with E-state index in [4.69, 9.17) is 0 Å². The average molecular weight is 292 g/mol. The fraction of sp³-hybridized carbons (Fsp3) is 0.273. The molecule has 2 rings (SSSR count). The summed E-state index contributed by atoms with van der Waals surface area (Å²) in [5, 5.41) is 0.592. The molecule has 0 N–H and O–H groups in total. The molecule has 0 radical (unpaired) electrons. The lowest BCUT2D eigenvalue weighted by molar-refractivity contribution is -0.136. The number of alkyl halides is 3. The highest BCUT2D eigenvalue weighted by atomic mass is 79.9. The average Bonchev–Trinajstić information content (AvgIpc) is 2.43. The van der Waals surface area contributed by atoms with Gasteiger partial charge < -0.3 is 4.57 Å². The summed E-state index contributed by atoms with van der Waals surface area (Å²) in [6.45, 7) is 1.78. The second-order valence-electron chi connectivity index (χ2n) is 3.66. The highest BCUT2D eigenvalue weighted by Gasteiger charge is 2.34. The van der Waals surface area contributed by atoms with Crippen LogP contribution in [-0.4, -0.2) is 4.57 Å².